The van der Waals surface area contributed by atoms with Gasteiger partial charge in [-0.05, 0) is 29.8 Å². The zero-order valence-corrected chi connectivity index (χ0v) is 16.9. The van der Waals surface area contributed by atoms with Crippen LogP contribution in [0, 0.1) is 10.1 Å². The lowest BCUT2D eigenvalue weighted by Crippen LogP contribution is -2.16. The minimum Gasteiger partial charge on any atom is -0.493 e. The minimum atomic E-state index is -0.666. The molecule has 0 atom stereocenters. The molecule has 0 aromatic heterocycles. The quantitative estimate of drug-likeness (QED) is 0.247. The molecule has 2 aromatic rings. The van der Waals surface area contributed by atoms with Crippen molar-refractivity contribution in [3.63, 3.8) is 0 Å². The van der Waals surface area contributed by atoms with Gasteiger partial charge in [-0.25, -0.2) is 0 Å². The number of ketones is 1. The lowest BCUT2D eigenvalue weighted by molar-refractivity contribution is -0.385. The van der Waals surface area contributed by atoms with Crippen LogP contribution in [0.25, 0.3) is 0 Å². The van der Waals surface area contributed by atoms with Gasteiger partial charge in [0.25, 0.3) is 0 Å². The fourth-order valence-electron chi connectivity index (χ4n) is 2.69. The second-order valence-electron chi connectivity index (χ2n) is 5.94. The van der Waals surface area contributed by atoms with Gasteiger partial charge in [0.2, 0.25) is 11.5 Å². The Bertz CT molecular complexity index is 930. The molecule has 10 nitrogen and oxygen atoms in total. The maximum Gasteiger partial charge on any atom is 0.311 e. The molecule has 0 saturated heterocycles. The largest absolute Gasteiger partial charge is 0.493 e. The van der Waals surface area contributed by atoms with Crippen LogP contribution >= 0.6 is 0 Å². The Hall–Kier alpha value is -3.82. The molecule has 0 aliphatic heterocycles. The summed E-state index contributed by atoms with van der Waals surface area (Å²) >= 11 is 0. The number of methoxy groups -OCH3 is 4. The van der Waals surface area contributed by atoms with E-state index in [2.05, 4.69) is 0 Å². The third-order valence-corrected chi connectivity index (χ3v) is 4.13. The number of hydrogen-bond donors (Lipinski definition) is 0. The van der Waals surface area contributed by atoms with Crippen molar-refractivity contribution >= 4 is 17.4 Å². The van der Waals surface area contributed by atoms with Crippen molar-refractivity contribution in [3.8, 4) is 23.0 Å². The first-order valence-corrected chi connectivity index (χ1v) is 8.64. The number of nitro benzene ring substituents is 1. The van der Waals surface area contributed by atoms with E-state index in [0.717, 1.165) is 6.07 Å². The Balaban J connectivity index is 2.07. The second-order valence-corrected chi connectivity index (χ2v) is 5.94. The first-order chi connectivity index (χ1) is 14.3. The van der Waals surface area contributed by atoms with Gasteiger partial charge < -0.3 is 23.7 Å². The van der Waals surface area contributed by atoms with Crippen LogP contribution in [-0.4, -0.2) is 51.7 Å². The Kier molecular flexibility index (Phi) is 7.56. The van der Waals surface area contributed by atoms with Gasteiger partial charge in [0.1, 0.15) is 0 Å². The van der Waals surface area contributed by atoms with Gasteiger partial charge in [-0.2, -0.15) is 0 Å². The number of hydrogen-bond acceptors (Lipinski definition) is 9. The first kappa shape index (κ1) is 22.5. The number of carbonyl (C=O) groups is 2. The number of benzene rings is 2. The van der Waals surface area contributed by atoms with Crippen LogP contribution in [0.2, 0.25) is 0 Å². The molecule has 0 heterocycles. The van der Waals surface area contributed by atoms with Crippen molar-refractivity contribution in [2.45, 2.75) is 6.42 Å². The van der Waals surface area contributed by atoms with E-state index in [1.807, 2.05) is 0 Å². The van der Waals surface area contributed by atoms with Gasteiger partial charge in [0.05, 0.1) is 39.8 Å². The van der Waals surface area contributed by atoms with Crippen LogP contribution in [0.15, 0.2) is 30.3 Å². The molecule has 0 aliphatic carbocycles. The van der Waals surface area contributed by atoms with Crippen LogP contribution in [0.1, 0.15) is 15.9 Å². The number of carbonyl (C=O) groups excluding carboxylic acids is 2. The molecular formula is C20H21NO9. The molecular weight excluding hydrogens is 398 g/mol. The van der Waals surface area contributed by atoms with Gasteiger partial charge in [0.15, 0.2) is 23.9 Å². The lowest BCUT2D eigenvalue weighted by Gasteiger charge is -2.14. The normalized spacial score (nSPS) is 10.1. The maximum absolute atomic E-state index is 12.3. The molecule has 10 heteroatoms. The van der Waals surface area contributed by atoms with Crippen LogP contribution in [0.5, 0.6) is 23.0 Å². The predicted molar refractivity (Wildman–Crippen MR) is 105 cm³/mol. The smallest absolute Gasteiger partial charge is 0.311 e. The summed E-state index contributed by atoms with van der Waals surface area (Å²) in [6.07, 6.45) is -0.146. The number of Topliss-reactive ketones (excluding diaryl/α,β-unsaturated/α-hetero) is 1. The highest BCUT2D eigenvalue weighted by atomic mass is 16.6. The summed E-state index contributed by atoms with van der Waals surface area (Å²) in [5.41, 5.74) is 0.206. The molecule has 0 N–H and O–H groups in total. The van der Waals surface area contributed by atoms with Crippen molar-refractivity contribution in [1.29, 1.82) is 0 Å². The molecule has 0 saturated carbocycles. The van der Waals surface area contributed by atoms with E-state index in [1.165, 1.54) is 40.6 Å². The lowest BCUT2D eigenvalue weighted by atomic mass is 10.1. The van der Waals surface area contributed by atoms with E-state index >= 15 is 0 Å². The average molecular weight is 419 g/mol. The predicted octanol–water partition coefficient (Wildman–Crippen LogP) is 2.60. The zero-order valence-electron chi connectivity index (χ0n) is 16.9. The molecule has 0 amide bonds. The Morgan fingerprint density at radius 1 is 0.900 bits per heavy atom. The average Bonchev–Trinajstić information content (AvgIpc) is 2.75. The standard InChI is InChI=1S/C20H21NO9/c1-26-16-6-5-13(10-14(16)21(24)25)15(22)11-30-19(23)9-12-7-17(27-2)20(29-4)18(8-12)28-3/h5-8,10H,9,11H2,1-4H3. The summed E-state index contributed by atoms with van der Waals surface area (Å²) in [7, 11) is 5.65. The van der Waals surface area contributed by atoms with Crippen LogP contribution < -0.4 is 18.9 Å². The summed E-state index contributed by atoms with van der Waals surface area (Å²) in [4.78, 5) is 34.8. The first-order valence-electron chi connectivity index (χ1n) is 8.64. The number of esters is 1. The third-order valence-electron chi connectivity index (χ3n) is 4.13. The monoisotopic (exact) mass is 419 g/mol. The fraction of sp³-hybridized carbons (Fsp3) is 0.300. The van der Waals surface area contributed by atoms with Crippen molar-refractivity contribution in [3.05, 3.63) is 51.6 Å². The van der Waals surface area contributed by atoms with E-state index in [-0.39, 0.29) is 23.4 Å². The summed E-state index contributed by atoms with van der Waals surface area (Å²) in [6, 6.07) is 6.94. The van der Waals surface area contributed by atoms with E-state index in [0.29, 0.717) is 22.8 Å². The summed E-state index contributed by atoms with van der Waals surface area (Å²) < 4.78 is 25.6. The molecule has 2 rings (SSSR count). The highest BCUT2D eigenvalue weighted by Crippen LogP contribution is 2.38. The Labute approximate surface area is 172 Å². The Morgan fingerprint density at radius 3 is 2.00 bits per heavy atom. The van der Waals surface area contributed by atoms with E-state index in [9.17, 15) is 19.7 Å². The maximum atomic E-state index is 12.3. The van der Waals surface area contributed by atoms with Gasteiger partial charge in [-0.3, -0.25) is 19.7 Å². The number of nitrogens with zero attached hydrogens (tertiary/aromatic N) is 1. The van der Waals surface area contributed by atoms with Crippen molar-refractivity contribution in [1.82, 2.24) is 0 Å². The van der Waals surface area contributed by atoms with Gasteiger partial charge in [-0.15, -0.1) is 0 Å². The Morgan fingerprint density at radius 2 is 1.50 bits per heavy atom. The van der Waals surface area contributed by atoms with Crippen LogP contribution in [0.4, 0.5) is 5.69 Å². The van der Waals surface area contributed by atoms with Crippen LogP contribution in [0.3, 0.4) is 0 Å². The molecule has 0 spiro atoms. The summed E-state index contributed by atoms with van der Waals surface area (Å²) in [5, 5.41) is 11.1. The highest BCUT2D eigenvalue weighted by Gasteiger charge is 2.20. The summed E-state index contributed by atoms with van der Waals surface area (Å²) in [5.74, 6) is -0.0912. The SMILES string of the molecule is COc1ccc(C(=O)COC(=O)Cc2cc(OC)c(OC)c(OC)c2)cc1[N+](=O)[O-]. The molecule has 30 heavy (non-hydrogen) atoms. The van der Waals surface area contributed by atoms with Crippen molar-refractivity contribution in [2.24, 2.45) is 0 Å². The molecule has 0 aliphatic rings. The molecule has 0 bridgehead atoms. The number of ether oxygens (including phenoxy) is 5. The molecule has 2 aromatic carbocycles. The minimum absolute atomic E-state index is 0.0240. The van der Waals surface area contributed by atoms with Gasteiger partial charge >= 0.3 is 11.7 Å². The molecule has 160 valence electrons. The van der Waals surface area contributed by atoms with E-state index in [4.69, 9.17) is 23.7 Å². The highest BCUT2D eigenvalue weighted by molar-refractivity contribution is 5.98. The zero-order chi connectivity index (χ0) is 22.3. The van der Waals surface area contributed by atoms with E-state index in [1.54, 1.807) is 12.1 Å². The van der Waals surface area contributed by atoms with Crippen LogP contribution in [-0.2, 0) is 16.0 Å². The molecule has 0 unspecified atom stereocenters. The second kappa shape index (κ2) is 10.1. The third kappa shape index (κ3) is 5.16. The van der Waals surface area contributed by atoms with Crippen molar-refractivity contribution in [2.75, 3.05) is 35.0 Å². The van der Waals surface area contributed by atoms with E-state index < -0.39 is 23.3 Å². The molecule has 0 radical (unpaired) electrons. The fourth-order valence-corrected chi connectivity index (χ4v) is 2.69. The number of rotatable bonds is 10. The number of nitro groups is 1. The van der Waals surface area contributed by atoms with Gasteiger partial charge in [0, 0.05) is 11.6 Å². The summed E-state index contributed by atoms with van der Waals surface area (Å²) in [6.45, 7) is -0.563. The van der Waals surface area contributed by atoms with Crippen molar-refractivity contribution < 1.29 is 38.2 Å². The topological polar surface area (TPSA) is 123 Å². The molecule has 0 fully saturated rings. The van der Waals surface area contributed by atoms with Gasteiger partial charge in [-0.1, -0.05) is 0 Å².